The number of carbonyl (C=O) groups is 15. The number of primary amides is 1. The van der Waals surface area contributed by atoms with Crippen molar-refractivity contribution < 1.29 is 86.9 Å². The minimum absolute atomic E-state index is 0.104. The fourth-order valence-electron chi connectivity index (χ4n) is 10.1. The first-order chi connectivity index (χ1) is 45.5. The van der Waals surface area contributed by atoms with Crippen LogP contribution in [0.15, 0.2) is 60.7 Å². The van der Waals surface area contributed by atoms with Gasteiger partial charge in [-0.05, 0) is 74.2 Å². The van der Waals surface area contributed by atoms with Crippen molar-refractivity contribution in [3.8, 4) is 0 Å². The summed E-state index contributed by atoms with van der Waals surface area (Å²) >= 11 is 0. The number of ether oxygens (including phenoxy) is 1. The third-order valence-electron chi connectivity index (χ3n) is 15.9. The van der Waals surface area contributed by atoms with E-state index in [0.717, 1.165) is 18.2 Å². The number of hydrogen-bond acceptors (Lipinski definition) is 18. The Kier molecular flexibility index (Phi) is 32.3. The summed E-state index contributed by atoms with van der Waals surface area (Å²) in [6, 6.07) is 1.46. The second-order valence-corrected chi connectivity index (χ2v) is 23.6. The van der Waals surface area contributed by atoms with Crippen LogP contribution < -0.4 is 75.7 Å². The molecule has 0 spiro atoms. The highest BCUT2D eigenvalue weighted by Crippen LogP contribution is 2.18. The normalized spacial score (nSPS) is 23.8. The van der Waals surface area contributed by atoms with Gasteiger partial charge in [0.1, 0.15) is 60.5 Å². The number of para-hydroxylation sites is 1. The lowest BCUT2D eigenvalue weighted by molar-refractivity contribution is -0.156. The highest BCUT2D eigenvalue weighted by atomic mass is 16.5. The number of carboxylic acids is 2. The fourth-order valence-corrected chi connectivity index (χ4v) is 10.1. The van der Waals surface area contributed by atoms with Gasteiger partial charge in [-0.15, -0.1) is 0 Å². The lowest BCUT2D eigenvalue weighted by Crippen LogP contribution is -2.61. The number of fused-ring (bicyclic) bond motifs is 1. The molecule has 1 saturated heterocycles. The van der Waals surface area contributed by atoms with Gasteiger partial charge in [0.15, 0.2) is 0 Å². The molecule has 33 nitrogen and oxygen atoms in total. The molecule has 1 aliphatic heterocycles. The number of aromatic nitrogens is 1. The van der Waals surface area contributed by atoms with Gasteiger partial charge < -0.3 is 95.6 Å². The number of carbonyl (C=O) groups excluding carboxylic acids is 13. The summed E-state index contributed by atoms with van der Waals surface area (Å²) < 4.78 is 5.91. The molecule has 96 heavy (non-hydrogen) atoms. The molecular formula is C63H91N15O18. The Bertz CT molecular complexity index is 3210. The molecule has 12 amide bonds. The van der Waals surface area contributed by atoms with E-state index < -0.39 is 188 Å². The summed E-state index contributed by atoms with van der Waals surface area (Å²) in [4.78, 5) is 208. The standard InChI is InChI=1S/C63H91N15O18/c1-6-33(3)15-11-14-20-48(80)77-54-35(5)96-63(95)46(25-36-16-9-8-10-17-36)76-58(90)41(22-24-65)72-61(93)53(34(4)7-2)78-60(92)42(27-38-26-37-18-12-13-19-39(37)69-38)70-49(81)31-67-56(88)45(30-52(85)86)75-59(91)43(28-47(66)79)71-50(82)32-68-55(87)44(29-51(83)84)74-57(89)40(21-23-64)73-62(54)94/h8-10,12-13,16-19,26,33-35,40-46,53-54,69H,6-7,11,14-15,20-25,27-32,64-65H2,1-5H3,(H2,66,79)(H,67,88)(H,68,87)(H,70,81)(H,71,82)(H,72,93)(H,73,94)(H,74,89)(H,75,91)(H,76,90)(H,77,80)(H,78,92)(H,83,84)(H,85,86)/t33-,34-,35+,40-,41+,42-,43-,44-,45-,46-,53-,54+/m0/s1. The van der Waals surface area contributed by atoms with E-state index in [4.69, 9.17) is 21.9 Å². The van der Waals surface area contributed by atoms with Gasteiger partial charge in [0.05, 0.1) is 32.4 Å². The van der Waals surface area contributed by atoms with Crippen molar-refractivity contribution >= 4 is 99.7 Å². The highest BCUT2D eigenvalue weighted by Gasteiger charge is 2.39. The van der Waals surface area contributed by atoms with Gasteiger partial charge in [-0.25, -0.2) is 4.79 Å². The number of aliphatic carboxylic acids is 2. The van der Waals surface area contributed by atoms with E-state index in [-0.39, 0.29) is 51.6 Å². The van der Waals surface area contributed by atoms with Gasteiger partial charge in [0, 0.05) is 30.5 Å². The zero-order valence-corrected chi connectivity index (χ0v) is 54.4. The molecule has 4 rings (SSSR count). The third-order valence-corrected chi connectivity index (χ3v) is 15.9. The first-order valence-corrected chi connectivity index (χ1v) is 31.7. The van der Waals surface area contributed by atoms with Gasteiger partial charge in [-0.2, -0.15) is 0 Å². The number of carboxylic acid groups (broad SMARTS) is 2. The molecule has 0 saturated carbocycles. The summed E-state index contributed by atoms with van der Waals surface area (Å²) in [6.07, 6.45) is -3.16. The van der Waals surface area contributed by atoms with Crippen LogP contribution in [0.4, 0.5) is 0 Å². The Hall–Kier alpha value is -10.1. The number of esters is 1. The predicted molar refractivity (Wildman–Crippen MR) is 344 cm³/mol. The number of hydrogen-bond donors (Lipinski definition) is 17. The van der Waals surface area contributed by atoms with E-state index in [2.05, 4.69) is 63.5 Å². The molecule has 3 aromatic rings. The van der Waals surface area contributed by atoms with Crippen LogP contribution in [0, 0.1) is 11.8 Å². The Morgan fingerprint density at radius 3 is 1.60 bits per heavy atom. The second-order valence-electron chi connectivity index (χ2n) is 23.6. The zero-order chi connectivity index (χ0) is 71.2. The lowest BCUT2D eigenvalue weighted by atomic mass is 9.96. The van der Waals surface area contributed by atoms with Crippen molar-refractivity contribution in [3.05, 3.63) is 71.9 Å². The summed E-state index contributed by atoms with van der Waals surface area (Å²) in [6.45, 7) is 6.07. The summed E-state index contributed by atoms with van der Waals surface area (Å²) in [7, 11) is 0. The number of unbranched alkanes of at least 4 members (excludes halogenated alkanes) is 1. The third kappa shape index (κ3) is 26.4. The van der Waals surface area contributed by atoms with Crippen LogP contribution in [0.2, 0.25) is 0 Å². The highest BCUT2D eigenvalue weighted by molar-refractivity contribution is 6.00. The smallest absolute Gasteiger partial charge is 0.329 e. The largest absolute Gasteiger partial charge is 0.481 e. The van der Waals surface area contributed by atoms with Crippen LogP contribution in [0.25, 0.3) is 10.9 Å². The fraction of sp³-hybridized carbons (Fsp3) is 0.540. The van der Waals surface area contributed by atoms with Crippen LogP contribution >= 0.6 is 0 Å². The molecule has 33 heteroatoms. The van der Waals surface area contributed by atoms with Gasteiger partial charge in [-0.3, -0.25) is 67.1 Å². The molecule has 20 N–H and O–H groups in total. The summed E-state index contributed by atoms with van der Waals surface area (Å²) in [5.74, 6) is -18.1. The molecule has 12 atom stereocenters. The quantitative estimate of drug-likeness (QED) is 0.0326. The first kappa shape index (κ1) is 78.4. The maximum absolute atomic E-state index is 14.6. The molecule has 0 bridgehead atoms. The zero-order valence-electron chi connectivity index (χ0n) is 54.4. The summed E-state index contributed by atoms with van der Waals surface area (Å²) in [5.41, 5.74) is 18.8. The number of benzene rings is 2. The van der Waals surface area contributed by atoms with Crippen LogP contribution in [0.5, 0.6) is 0 Å². The van der Waals surface area contributed by atoms with Gasteiger partial charge >= 0.3 is 17.9 Å². The number of amides is 12. The van der Waals surface area contributed by atoms with Crippen LogP contribution in [0.1, 0.15) is 117 Å². The minimum Gasteiger partial charge on any atom is -0.481 e. The van der Waals surface area contributed by atoms with Crippen molar-refractivity contribution in [2.45, 2.75) is 179 Å². The molecule has 0 radical (unpaired) electrons. The van der Waals surface area contributed by atoms with Gasteiger partial charge in [0.2, 0.25) is 70.9 Å². The van der Waals surface area contributed by atoms with Gasteiger partial charge in [-0.1, -0.05) is 102 Å². The lowest BCUT2D eigenvalue weighted by Gasteiger charge is -2.30. The van der Waals surface area contributed by atoms with Crippen molar-refractivity contribution in [2.24, 2.45) is 29.0 Å². The van der Waals surface area contributed by atoms with Crippen LogP contribution in [0.3, 0.4) is 0 Å². The van der Waals surface area contributed by atoms with Gasteiger partial charge in [0.25, 0.3) is 0 Å². The Morgan fingerprint density at radius 2 is 1.07 bits per heavy atom. The number of cyclic esters (lactones) is 1. The monoisotopic (exact) mass is 1350 g/mol. The predicted octanol–water partition coefficient (Wildman–Crippen LogP) is -3.33. The SMILES string of the molecule is CC[C@H](C)CCCCC(=O)N[C@H]1C(=O)N[C@@H](CCN)C(=O)N[C@@H](CC(=O)O)C(=O)NCC(=O)N[C@@H](CC(N)=O)C(=O)N[C@@H](CC(=O)O)C(=O)NCC(=O)N[C@@H](Cc2cc3ccccc3[nH]2)C(=O)N[C@@H]([C@@H](C)CC)C(=O)N[C@H](CCN)C(=O)N[C@@H](Cc2ccccc2)C(=O)O[C@@H]1C. The van der Waals surface area contributed by atoms with E-state index in [1.54, 1.807) is 74.5 Å². The molecule has 1 aromatic heterocycles. The Morgan fingerprint density at radius 1 is 0.573 bits per heavy atom. The molecule has 2 heterocycles. The van der Waals surface area contributed by atoms with Crippen molar-refractivity contribution in [1.29, 1.82) is 0 Å². The summed E-state index contributed by atoms with van der Waals surface area (Å²) in [5, 5.41) is 46.4. The molecule has 0 aliphatic carbocycles. The van der Waals surface area contributed by atoms with E-state index in [9.17, 15) is 82.1 Å². The number of rotatable bonds is 23. The van der Waals surface area contributed by atoms with E-state index in [0.29, 0.717) is 35.5 Å². The average molecular weight is 1350 g/mol. The molecular weight excluding hydrogens is 1250 g/mol. The molecule has 0 unspecified atom stereocenters. The minimum atomic E-state index is -2.03. The van der Waals surface area contributed by atoms with Crippen molar-refractivity contribution in [3.63, 3.8) is 0 Å². The number of nitrogens with one attached hydrogen (secondary N) is 12. The molecule has 526 valence electrons. The average Bonchev–Trinajstić information content (AvgIpc) is 1.84. The van der Waals surface area contributed by atoms with Crippen LogP contribution in [-0.4, -0.2) is 191 Å². The maximum atomic E-state index is 14.6. The number of H-pyrrole nitrogens is 1. The topological polar surface area (TPSA) is 532 Å². The van der Waals surface area contributed by atoms with E-state index in [1.807, 2.05) is 13.8 Å². The van der Waals surface area contributed by atoms with E-state index in [1.165, 1.54) is 6.92 Å². The Labute approximate surface area is 553 Å². The molecule has 2 aromatic carbocycles. The van der Waals surface area contributed by atoms with Crippen LogP contribution in [-0.2, 0) is 89.5 Å². The second kappa shape index (κ2) is 39.6. The van der Waals surface area contributed by atoms with E-state index >= 15 is 0 Å². The van der Waals surface area contributed by atoms with Crippen molar-refractivity contribution in [2.75, 3.05) is 26.2 Å². The van der Waals surface area contributed by atoms with Crippen molar-refractivity contribution in [1.82, 2.24) is 63.5 Å². The molecule has 1 aliphatic rings. The number of nitrogens with two attached hydrogens (primary N) is 3. The number of aromatic amines is 1. The maximum Gasteiger partial charge on any atom is 0.329 e. The first-order valence-electron chi connectivity index (χ1n) is 31.7. The Balaban J connectivity index is 1.84. The molecule has 1 fully saturated rings.